The lowest BCUT2D eigenvalue weighted by atomic mass is 9.93. The number of aromatic nitrogens is 1. The number of nitrogens with zero attached hydrogens (tertiary/aromatic N) is 3. The van der Waals surface area contributed by atoms with Crippen molar-refractivity contribution in [3.05, 3.63) is 65.2 Å². The summed E-state index contributed by atoms with van der Waals surface area (Å²) in [6.07, 6.45) is 3.47. The number of para-hydroxylation sites is 1. The molecule has 7 heteroatoms. The molecule has 0 spiro atoms. The summed E-state index contributed by atoms with van der Waals surface area (Å²) >= 11 is 1.76. The third kappa shape index (κ3) is 4.14. The summed E-state index contributed by atoms with van der Waals surface area (Å²) < 4.78 is 1.21. The lowest BCUT2D eigenvalue weighted by Crippen LogP contribution is -2.47. The van der Waals surface area contributed by atoms with E-state index < -0.39 is 5.54 Å². The molecule has 0 radical (unpaired) electrons. The first kappa shape index (κ1) is 21.1. The molecule has 0 aliphatic carbocycles. The van der Waals surface area contributed by atoms with E-state index in [4.69, 9.17) is 4.98 Å². The van der Waals surface area contributed by atoms with Gasteiger partial charge in [0, 0.05) is 12.5 Å². The maximum atomic E-state index is 13.2. The summed E-state index contributed by atoms with van der Waals surface area (Å²) in [7, 11) is 0. The average Bonchev–Trinajstić information content (AvgIpc) is 3.34. The van der Waals surface area contributed by atoms with E-state index in [-0.39, 0.29) is 11.9 Å². The maximum absolute atomic E-state index is 13.2. The first-order chi connectivity index (χ1) is 15.5. The number of likely N-dealkylation sites (tertiary alicyclic amines) is 1. The van der Waals surface area contributed by atoms with Crippen LogP contribution >= 0.6 is 11.3 Å². The van der Waals surface area contributed by atoms with Gasteiger partial charge in [-0.25, -0.2) is 14.7 Å². The number of thiazole rings is 1. The Morgan fingerprint density at radius 3 is 2.72 bits per heavy atom. The van der Waals surface area contributed by atoms with Crippen molar-refractivity contribution in [2.45, 2.75) is 44.1 Å². The van der Waals surface area contributed by atoms with Crippen molar-refractivity contribution in [1.29, 1.82) is 0 Å². The van der Waals surface area contributed by atoms with E-state index in [0.717, 1.165) is 42.9 Å². The summed E-state index contributed by atoms with van der Waals surface area (Å²) in [5.41, 5.74) is 1.37. The van der Waals surface area contributed by atoms with E-state index >= 15 is 0 Å². The summed E-state index contributed by atoms with van der Waals surface area (Å²) in [6, 6.07) is 18.0. The molecule has 2 aliphatic heterocycles. The molecule has 5 rings (SSSR count). The molecule has 3 aromatic rings. The zero-order valence-electron chi connectivity index (χ0n) is 18.3. The van der Waals surface area contributed by atoms with Crippen LogP contribution in [0.4, 0.5) is 4.79 Å². The van der Waals surface area contributed by atoms with Crippen molar-refractivity contribution >= 4 is 33.5 Å². The lowest BCUT2D eigenvalue weighted by Gasteiger charge is -2.33. The second-order valence-corrected chi connectivity index (χ2v) is 10.1. The van der Waals surface area contributed by atoms with Crippen LogP contribution < -0.4 is 5.32 Å². The fourth-order valence-electron chi connectivity index (χ4n) is 4.73. The van der Waals surface area contributed by atoms with Crippen molar-refractivity contribution in [3.8, 4) is 0 Å². The van der Waals surface area contributed by atoms with Crippen molar-refractivity contribution < 1.29 is 9.59 Å². The molecule has 3 amide bonds. The Kier molecular flexibility index (Phi) is 5.69. The predicted molar refractivity (Wildman–Crippen MR) is 127 cm³/mol. The Morgan fingerprint density at radius 2 is 1.91 bits per heavy atom. The number of piperidine rings is 1. The third-order valence-corrected chi connectivity index (χ3v) is 7.81. The van der Waals surface area contributed by atoms with Gasteiger partial charge in [-0.2, -0.15) is 0 Å². The van der Waals surface area contributed by atoms with Gasteiger partial charge < -0.3 is 5.32 Å². The highest BCUT2D eigenvalue weighted by Crippen LogP contribution is 2.33. The molecule has 2 fully saturated rings. The fraction of sp³-hybridized carbons (Fsp3) is 0.400. The normalized spacial score (nSPS) is 24.3. The highest BCUT2D eigenvalue weighted by atomic mass is 32.1. The molecule has 3 heterocycles. The zero-order valence-corrected chi connectivity index (χ0v) is 19.1. The number of fused-ring (bicyclic) bond motifs is 1. The van der Waals surface area contributed by atoms with Gasteiger partial charge in [-0.15, -0.1) is 11.3 Å². The van der Waals surface area contributed by atoms with Crippen LogP contribution in [-0.2, 0) is 11.2 Å². The Hall–Kier alpha value is -2.77. The summed E-state index contributed by atoms with van der Waals surface area (Å²) in [4.78, 5) is 34.4. The molecule has 2 aliphatic rings. The topological polar surface area (TPSA) is 65.5 Å². The molecule has 2 saturated heterocycles. The molecular formula is C25H28N4O2S. The number of benzene rings is 2. The summed E-state index contributed by atoms with van der Waals surface area (Å²) in [5.74, 6) is 0.215. The molecule has 2 aromatic carbocycles. The molecular weight excluding hydrogens is 420 g/mol. The highest BCUT2D eigenvalue weighted by Gasteiger charge is 2.47. The largest absolute Gasteiger partial charge is 0.326 e. The number of amides is 3. The van der Waals surface area contributed by atoms with E-state index in [2.05, 4.69) is 34.5 Å². The van der Waals surface area contributed by atoms with Gasteiger partial charge in [0.2, 0.25) is 0 Å². The van der Waals surface area contributed by atoms with Crippen LogP contribution in [0.5, 0.6) is 0 Å². The molecule has 2 atom stereocenters. The van der Waals surface area contributed by atoms with Crippen molar-refractivity contribution in [3.63, 3.8) is 0 Å². The van der Waals surface area contributed by atoms with E-state index in [1.54, 1.807) is 11.3 Å². The Balaban J connectivity index is 1.24. The van der Waals surface area contributed by atoms with E-state index in [1.807, 2.05) is 37.3 Å². The van der Waals surface area contributed by atoms with Crippen LogP contribution in [0.1, 0.15) is 42.7 Å². The third-order valence-electron chi connectivity index (χ3n) is 6.61. The van der Waals surface area contributed by atoms with Crippen molar-refractivity contribution in [2.24, 2.45) is 0 Å². The van der Waals surface area contributed by atoms with E-state index in [0.29, 0.717) is 19.0 Å². The molecule has 1 N–H and O–H groups in total. The monoisotopic (exact) mass is 448 g/mol. The number of urea groups is 1. The Morgan fingerprint density at radius 1 is 1.12 bits per heavy atom. The lowest BCUT2D eigenvalue weighted by molar-refractivity contribution is -0.132. The first-order valence-electron chi connectivity index (χ1n) is 11.3. The number of rotatable bonds is 6. The second kappa shape index (κ2) is 8.64. The number of hydrogen-bond acceptors (Lipinski definition) is 5. The van der Waals surface area contributed by atoms with Gasteiger partial charge >= 0.3 is 6.03 Å². The highest BCUT2D eigenvalue weighted by molar-refractivity contribution is 7.18. The number of imide groups is 1. The summed E-state index contributed by atoms with van der Waals surface area (Å²) in [5, 5.41) is 4.10. The van der Waals surface area contributed by atoms with Crippen LogP contribution in [0, 0.1) is 0 Å². The Labute approximate surface area is 192 Å². The predicted octanol–water partition coefficient (Wildman–Crippen LogP) is 4.38. The van der Waals surface area contributed by atoms with E-state index in [9.17, 15) is 9.59 Å². The summed E-state index contributed by atoms with van der Waals surface area (Å²) in [6.45, 7) is 3.89. The number of carbonyl (C=O) groups is 2. The minimum atomic E-state index is -0.852. The SMILES string of the molecule is CC1(CCc2ccccc2)NC(=O)N(CN2CCCC(c3nc4ccccc4s3)C2)C1=O. The number of aryl methyl sites for hydroxylation is 1. The standard InChI is InChI=1S/C25H28N4O2S/c1-25(14-13-18-8-3-2-4-9-18)23(30)29(24(31)27-25)17-28-15-7-10-19(16-28)22-26-20-11-5-6-12-21(20)32-22/h2-6,8-9,11-12,19H,7,10,13-17H2,1H3,(H,27,31). The Bertz CT molecular complexity index is 1100. The number of nitrogens with one attached hydrogen (secondary N) is 1. The van der Waals surface area contributed by atoms with Crippen LogP contribution in [0.15, 0.2) is 54.6 Å². The zero-order chi connectivity index (χ0) is 22.1. The first-order valence-corrected chi connectivity index (χ1v) is 12.1. The van der Waals surface area contributed by atoms with Gasteiger partial charge in [-0.1, -0.05) is 42.5 Å². The number of carbonyl (C=O) groups excluding carboxylic acids is 2. The second-order valence-electron chi connectivity index (χ2n) is 9.06. The van der Waals surface area contributed by atoms with Crippen LogP contribution in [-0.4, -0.2) is 52.0 Å². The maximum Gasteiger partial charge on any atom is 0.326 e. The smallest absolute Gasteiger partial charge is 0.323 e. The molecule has 166 valence electrons. The van der Waals surface area contributed by atoms with Gasteiger partial charge in [0.15, 0.2) is 0 Å². The quantitative estimate of drug-likeness (QED) is 0.569. The molecule has 6 nitrogen and oxygen atoms in total. The number of hydrogen-bond donors (Lipinski definition) is 1. The van der Waals surface area contributed by atoms with Gasteiger partial charge in [0.1, 0.15) is 5.54 Å². The van der Waals surface area contributed by atoms with Crippen molar-refractivity contribution in [2.75, 3.05) is 19.8 Å². The minimum absolute atomic E-state index is 0.124. The van der Waals surface area contributed by atoms with Gasteiger partial charge in [0.25, 0.3) is 5.91 Å². The van der Waals surface area contributed by atoms with Crippen LogP contribution in [0.3, 0.4) is 0 Å². The molecule has 2 unspecified atom stereocenters. The fourth-order valence-corrected chi connectivity index (χ4v) is 5.83. The molecule has 1 aromatic heterocycles. The minimum Gasteiger partial charge on any atom is -0.323 e. The average molecular weight is 449 g/mol. The van der Waals surface area contributed by atoms with Gasteiger partial charge in [-0.3, -0.25) is 9.69 Å². The van der Waals surface area contributed by atoms with Crippen LogP contribution in [0.25, 0.3) is 10.2 Å². The van der Waals surface area contributed by atoms with Crippen molar-refractivity contribution in [1.82, 2.24) is 20.1 Å². The van der Waals surface area contributed by atoms with E-state index in [1.165, 1.54) is 15.2 Å². The van der Waals surface area contributed by atoms with Crippen LogP contribution in [0.2, 0.25) is 0 Å². The molecule has 0 saturated carbocycles. The van der Waals surface area contributed by atoms with Gasteiger partial charge in [0.05, 0.1) is 21.9 Å². The molecule has 32 heavy (non-hydrogen) atoms. The van der Waals surface area contributed by atoms with Gasteiger partial charge in [-0.05, 0) is 56.8 Å². The molecule has 0 bridgehead atoms.